The van der Waals surface area contributed by atoms with Gasteiger partial charge in [-0.1, -0.05) is 56.7 Å². The molecule has 0 aliphatic heterocycles. The van der Waals surface area contributed by atoms with Crippen molar-refractivity contribution in [2.75, 3.05) is 12.3 Å². The number of nitrogens with two attached hydrogens (primary N) is 1. The Morgan fingerprint density at radius 2 is 2.00 bits per heavy atom. The number of carbonyl (C=O) groups is 2. The summed E-state index contributed by atoms with van der Waals surface area (Å²) in [5.74, 6) is -1.11. The first-order valence-electron chi connectivity index (χ1n) is 12.2. The zero-order chi connectivity index (χ0) is 25.7. The molecule has 10 heteroatoms. The van der Waals surface area contributed by atoms with Crippen LogP contribution in [0.2, 0.25) is 0 Å². The fourth-order valence-corrected chi connectivity index (χ4v) is 4.57. The highest BCUT2D eigenvalue weighted by Crippen LogP contribution is 2.42. The monoisotopic (exact) mass is 493 g/mol. The quantitative estimate of drug-likeness (QED) is 0.249. The molecule has 190 valence electrons. The average Bonchev–Trinajstić information content (AvgIpc) is 3.39. The normalized spacial score (nSPS) is 19.5. The minimum absolute atomic E-state index is 0.0245. The van der Waals surface area contributed by atoms with Crippen LogP contribution in [-0.4, -0.2) is 44.2 Å². The van der Waals surface area contributed by atoms with E-state index in [9.17, 15) is 14.4 Å². The second-order valence-corrected chi connectivity index (χ2v) is 9.04. The molecule has 1 saturated carbocycles. The molecule has 4 rings (SSSR count). The lowest BCUT2D eigenvalue weighted by Crippen LogP contribution is -2.27. The summed E-state index contributed by atoms with van der Waals surface area (Å²) < 4.78 is 13.2. The number of hydrogen-bond donors (Lipinski definition) is 2. The first kappa shape index (κ1) is 25.2. The maximum absolute atomic E-state index is 12.5. The predicted octanol–water partition coefficient (Wildman–Crippen LogP) is 3.10. The summed E-state index contributed by atoms with van der Waals surface area (Å²) in [6.07, 6.45) is 4.51. The lowest BCUT2D eigenvalue weighted by atomic mass is 10.0. The predicted molar refractivity (Wildman–Crippen MR) is 134 cm³/mol. The van der Waals surface area contributed by atoms with E-state index in [0.717, 1.165) is 24.8 Å². The van der Waals surface area contributed by atoms with Crippen LogP contribution in [0.5, 0.6) is 0 Å². The average molecular weight is 494 g/mol. The number of fused-ring (bicyclic) bond motifs is 1. The Labute approximate surface area is 208 Å². The second kappa shape index (κ2) is 11.2. The van der Waals surface area contributed by atoms with Crippen molar-refractivity contribution in [3.8, 4) is 0 Å². The number of imidazole rings is 1. The van der Waals surface area contributed by atoms with E-state index < -0.39 is 17.6 Å². The molecule has 0 radical (unpaired) electrons. The molecular weight excluding hydrogens is 462 g/mol. The number of nitrogens with one attached hydrogen (secondary N) is 1. The first-order chi connectivity index (χ1) is 17.4. The molecule has 3 N–H and O–H groups in total. The van der Waals surface area contributed by atoms with Crippen LogP contribution in [0.1, 0.15) is 50.6 Å². The summed E-state index contributed by atoms with van der Waals surface area (Å²) in [4.78, 5) is 48.2. The minimum Gasteiger partial charge on any atom is -0.465 e. The highest BCUT2D eigenvalue weighted by molar-refractivity contribution is 5.73. The molecule has 1 aliphatic carbocycles. The molecule has 1 aromatic carbocycles. The van der Waals surface area contributed by atoms with Gasteiger partial charge in [-0.3, -0.25) is 19.4 Å². The number of aromatic amines is 1. The first-order valence-corrected chi connectivity index (χ1v) is 12.2. The summed E-state index contributed by atoms with van der Waals surface area (Å²) in [5.41, 5.74) is 7.34. The number of aromatic nitrogens is 4. The molecule has 0 spiro atoms. The molecule has 2 heterocycles. The van der Waals surface area contributed by atoms with Crippen LogP contribution in [0, 0.1) is 5.92 Å². The minimum atomic E-state index is -0.544. The Balaban J connectivity index is 1.53. The van der Waals surface area contributed by atoms with Crippen molar-refractivity contribution in [3.63, 3.8) is 0 Å². The summed E-state index contributed by atoms with van der Waals surface area (Å²) in [5, 5.41) is 0. The Kier molecular flexibility index (Phi) is 7.82. The molecule has 10 nitrogen and oxygen atoms in total. The molecule has 0 saturated heterocycles. The Morgan fingerprint density at radius 1 is 1.22 bits per heavy atom. The summed E-state index contributed by atoms with van der Waals surface area (Å²) in [7, 11) is 0. The van der Waals surface area contributed by atoms with Gasteiger partial charge in [-0.15, -0.1) is 0 Å². The molecule has 3 unspecified atom stereocenters. The van der Waals surface area contributed by atoms with Gasteiger partial charge in [0.15, 0.2) is 11.2 Å². The van der Waals surface area contributed by atoms with Crippen LogP contribution < -0.4 is 11.3 Å². The molecule has 0 amide bonds. The number of esters is 2. The molecule has 3 atom stereocenters. The molecule has 2 aromatic heterocycles. The number of ether oxygens (including phenoxy) is 2. The van der Waals surface area contributed by atoms with Crippen molar-refractivity contribution in [2.45, 2.75) is 57.6 Å². The van der Waals surface area contributed by atoms with E-state index in [4.69, 9.17) is 15.2 Å². The zero-order valence-corrected chi connectivity index (χ0v) is 20.3. The van der Waals surface area contributed by atoms with Crippen molar-refractivity contribution in [1.29, 1.82) is 0 Å². The standard InChI is InChI=1S/C26H31N5O5/c1-3-4-6-11-21(32)36-20-13-19(31-15-28-23-24(31)29-26(27)30-25(23)34)16(2)18(20)14-35-22(33)12-17-9-7-5-8-10-17/h5,7-10,15,18-20H,2-4,6,11-14H2,1H3,(H3,27,29,30,34). The molecular formula is C26H31N5O5. The van der Waals surface area contributed by atoms with Crippen LogP contribution >= 0.6 is 0 Å². The Bertz CT molecular complexity index is 1300. The third kappa shape index (κ3) is 5.64. The number of rotatable bonds is 10. The maximum Gasteiger partial charge on any atom is 0.310 e. The van der Waals surface area contributed by atoms with E-state index in [1.807, 2.05) is 30.3 Å². The number of nitrogen functional groups attached to an aromatic ring is 1. The maximum atomic E-state index is 12.5. The van der Waals surface area contributed by atoms with Gasteiger partial charge in [-0.25, -0.2) is 4.98 Å². The van der Waals surface area contributed by atoms with Gasteiger partial charge in [-0.2, -0.15) is 4.98 Å². The number of H-pyrrole nitrogens is 1. The second-order valence-electron chi connectivity index (χ2n) is 9.04. The van der Waals surface area contributed by atoms with Crippen LogP contribution in [0.15, 0.2) is 53.6 Å². The lowest BCUT2D eigenvalue weighted by Gasteiger charge is -2.20. The summed E-state index contributed by atoms with van der Waals surface area (Å²) >= 11 is 0. The van der Waals surface area contributed by atoms with Gasteiger partial charge in [0.1, 0.15) is 12.7 Å². The van der Waals surface area contributed by atoms with Crippen LogP contribution in [0.3, 0.4) is 0 Å². The topological polar surface area (TPSA) is 142 Å². The number of anilines is 1. The number of hydrogen-bond acceptors (Lipinski definition) is 8. The number of carbonyl (C=O) groups excluding carboxylic acids is 2. The van der Waals surface area contributed by atoms with Crippen LogP contribution in [-0.2, 0) is 25.5 Å². The van der Waals surface area contributed by atoms with Crippen LogP contribution in [0.4, 0.5) is 5.95 Å². The van der Waals surface area contributed by atoms with E-state index in [0.29, 0.717) is 24.1 Å². The van der Waals surface area contributed by atoms with E-state index in [2.05, 4.69) is 28.5 Å². The smallest absolute Gasteiger partial charge is 0.310 e. The summed E-state index contributed by atoms with van der Waals surface area (Å²) in [6, 6.07) is 8.96. The SMILES string of the molecule is C=C1C(COC(=O)Cc2ccccc2)C(OC(=O)CCCCC)CC1n1cnc2c(=O)[nH]c(N)nc21. The van der Waals surface area contributed by atoms with Gasteiger partial charge in [0.05, 0.1) is 24.7 Å². The van der Waals surface area contributed by atoms with Crippen molar-refractivity contribution in [3.05, 3.63) is 64.7 Å². The molecule has 0 bridgehead atoms. The van der Waals surface area contributed by atoms with Gasteiger partial charge >= 0.3 is 11.9 Å². The van der Waals surface area contributed by atoms with Gasteiger partial charge in [-0.05, 0) is 17.6 Å². The highest BCUT2D eigenvalue weighted by atomic mass is 16.6. The van der Waals surface area contributed by atoms with Crippen molar-refractivity contribution >= 4 is 29.1 Å². The third-order valence-corrected chi connectivity index (χ3v) is 6.48. The molecule has 1 fully saturated rings. The van der Waals surface area contributed by atoms with Gasteiger partial charge in [0.25, 0.3) is 5.56 Å². The van der Waals surface area contributed by atoms with Crippen molar-refractivity contribution < 1.29 is 19.1 Å². The van der Waals surface area contributed by atoms with E-state index >= 15 is 0 Å². The van der Waals surface area contributed by atoms with Gasteiger partial charge in [0.2, 0.25) is 5.95 Å². The lowest BCUT2D eigenvalue weighted by molar-refractivity contribution is -0.153. The summed E-state index contributed by atoms with van der Waals surface area (Å²) in [6.45, 7) is 6.34. The van der Waals surface area contributed by atoms with Crippen LogP contribution in [0.25, 0.3) is 11.2 Å². The molecule has 1 aliphatic rings. The molecule has 3 aromatic rings. The van der Waals surface area contributed by atoms with Gasteiger partial charge in [0, 0.05) is 12.8 Å². The van der Waals surface area contributed by atoms with E-state index in [1.54, 1.807) is 4.57 Å². The zero-order valence-electron chi connectivity index (χ0n) is 20.3. The number of unbranched alkanes of at least 4 members (excludes halogenated alkanes) is 2. The largest absolute Gasteiger partial charge is 0.465 e. The fourth-order valence-electron chi connectivity index (χ4n) is 4.57. The number of benzene rings is 1. The van der Waals surface area contributed by atoms with Crippen molar-refractivity contribution in [2.24, 2.45) is 5.92 Å². The fraction of sp³-hybridized carbons (Fsp3) is 0.423. The van der Waals surface area contributed by atoms with Gasteiger partial charge < -0.3 is 19.8 Å². The van der Waals surface area contributed by atoms with E-state index in [-0.39, 0.29) is 42.5 Å². The Hall–Kier alpha value is -3.95. The Morgan fingerprint density at radius 3 is 2.75 bits per heavy atom. The molecule has 36 heavy (non-hydrogen) atoms. The number of nitrogens with zero attached hydrogens (tertiary/aromatic N) is 3. The van der Waals surface area contributed by atoms with Crippen molar-refractivity contribution in [1.82, 2.24) is 19.5 Å². The third-order valence-electron chi connectivity index (χ3n) is 6.48. The van der Waals surface area contributed by atoms with E-state index in [1.165, 1.54) is 6.33 Å². The highest BCUT2D eigenvalue weighted by Gasteiger charge is 2.42.